The second kappa shape index (κ2) is 7.01. The fourth-order valence-electron chi connectivity index (χ4n) is 1.23. The van der Waals surface area contributed by atoms with E-state index < -0.39 is 10.2 Å². The van der Waals surface area contributed by atoms with Gasteiger partial charge in [-0.15, -0.1) is 0 Å². The van der Waals surface area contributed by atoms with E-state index in [9.17, 15) is 8.42 Å². The number of anilines is 1. The molecule has 0 radical (unpaired) electrons. The van der Waals surface area contributed by atoms with Crippen molar-refractivity contribution in [2.75, 3.05) is 17.9 Å². The van der Waals surface area contributed by atoms with Gasteiger partial charge in [0.25, 0.3) is 10.2 Å². The smallest absolute Gasteiger partial charge is 0.299 e. The molecule has 3 N–H and O–H groups in total. The van der Waals surface area contributed by atoms with Crippen LogP contribution in [0.2, 0.25) is 0 Å². The van der Waals surface area contributed by atoms with E-state index in [0.717, 1.165) is 6.42 Å². The van der Waals surface area contributed by atoms with E-state index in [-0.39, 0.29) is 6.61 Å². The zero-order valence-corrected chi connectivity index (χ0v) is 10.9. The summed E-state index contributed by atoms with van der Waals surface area (Å²) in [4.78, 5) is 0. The van der Waals surface area contributed by atoms with Crippen molar-refractivity contribution in [2.45, 2.75) is 13.3 Å². The van der Waals surface area contributed by atoms with Gasteiger partial charge in [-0.25, -0.2) is 0 Å². The quantitative estimate of drug-likeness (QED) is 0.687. The minimum atomic E-state index is -3.53. The molecule has 6 heteroatoms. The lowest BCUT2D eigenvalue weighted by molar-refractivity contribution is 0.350. The first-order valence-electron chi connectivity index (χ1n) is 5.54. The molecule has 0 amide bonds. The summed E-state index contributed by atoms with van der Waals surface area (Å²) in [5.41, 5.74) is 1.07. The fourth-order valence-corrected chi connectivity index (χ4v) is 2.21. The minimum absolute atomic E-state index is 0.228. The lowest BCUT2D eigenvalue weighted by atomic mass is 10.2. The third kappa shape index (κ3) is 5.19. The maximum atomic E-state index is 11.6. The van der Waals surface area contributed by atoms with Crippen molar-refractivity contribution in [3.05, 3.63) is 29.8 Å². The van der Waals surface area contributed by atoms with Crippen LogP contribution in [0.5, 0.6) is 0 Å². The largest absolute Gasteiger partial charge is 0.384 e. The molecule has 0 aliphatic heterocycles. The van der Waals surface area contributed by atoms with Crippen LogP contribution < -0.4 is 9.44 Å². The molecule has 0 aliphatic carbocycles. The van der Waals surface area contributed by atoms with Crippen molar-refractivity contribution < 1.29 is 13.5 Å². The monoisotopic (exact) mass is 268 g/mol. The van der Waals surface area contributed by atoms with E-state index in [1.54, 1.807) is 24.3 Å². The van der Waals surface area contributed by atoms with Crippen LogP contribution in [0.1, 0.15) is 18.9 Å². The summed E-state index contributed by atoms with van der Waals surface area (Å²) in [6.45, 7) is 2.04. The lowest BCUT2D eigenvalue weighted by Crippen LogP contribution is -2.30. The minimum Gasteiger partial charge on any atom is -0.384 e. The molecule has 0 aliphatic rings. The van der Waals surface area contributed by atoms with E-state index in [0.29, 0.717) is 17.8 Å². The Balaban J connectivity index is 2.79. The Morgan fingerprint density at radius 2 is 2.17 bits per heavy atom. The van der Waals surface area contributed by atoms with E-state index >= 15 is 0 Å². The summed E-state index contributed by atoms with van der Waals surface area (Å²) in [5, 5.41) is 8.59. The maximum Gasteiger partial charge on any atom is 0.299 e. The third-order valence-corrected chi connectivity index (χ3v) is 3.06. The molecule has 0 saturated carbocycles. The van der Waals surface area contributed by atoms with Crippen LogP contribution in [-0.2, 0) is 10.2 Å². The van der Waals surface area contributed by atoms with Gasteiger partial charge in [-0.3, -0.25) is 4.72 Å². The van der Waals surface area contributed by atoms with Crippen molar-refractivity contribution in [1.29, 1.82) is 0 Å². The molecule has 5 nitrogen and oxygen atoms in total. The zero-order chi connectivity index (χ0) is 13.4. The number of hydrogen-bond acceptors (Lipinski definition) is 3. The van der Waals surface area contributed by atoms with Gasteiger partial charge in [-0.1, -0.05) is 24.8 Å². The second-order valence-electron chi connectivity index (χ2n) is 3.54. The standard InChI is InChI=1S/C12H16N2O3S/c1-2-8-13-18(16,17)14-12-7-3-5-11(10-12)6-4-9-15/h3,5,7,10,13-15H,2,8-9H2,1H3. The molecule has 0 saturated heterocycles. The predicted octanol–water partition coefficient (Wildman–Crippen LogP) is 0.687. The second-order valence-corrected chi connectivity index (χ2v) is 5.04. The van der Waals surface area contributed by atoms with Gasteiger partial charge in [0.1, 0.15) is 6.61 Å². The van der Waals surface area contributed by atoms with Crippen LogP contribution >= 0.6 is 0 Å². The molecule has 0 spiro atoms. The van der Waals surface area contributed by atoms with Crippen LogP contribution in [0.3, 0.4) is 0 Å². The van der Waals surface area contributed by atoms with Crippen LogP contribution in [0.15, 0.2) is 24.3 Å². The summed E-state index contributed by atoms with van der Waals surface area (Å²) >= 11 is 0. The average Bonchev–Trinajstić information content (AvgIpc) is 2.34. The third-order valence-electron chi connectivity index (χ3n) is 1.97. The molecule has 98 valence electrons. The van der Waals surface area contributed by atoms with Crippen LogP contribution in [-0.4, -0.2) is 26.7 Å². The highest BCUT2D eigenvalue weighted by atomic mass is 32.2. The molecule has 18 heavy (non-hydrogen) atoms. The van der Waals surface area contributed by atoms with Crippen LogP contribution in [0, 0.1) is 11.8 Å². The Labute approximate surface area is 107 Å². The van der Waals surface area contributed by atoms with Gasteiger partial charge in [0.2, 0.25) is 0 Å². The molecule has 0 fully saturated rings. The number of aliphatic hydroxyl groups excluding tert-OH is 1. The molecule has 0 unspecified atom stereocenters. The van der Waals surface area contributed by atoms with Gasteiger partial charge >= 0.3 is 0 Å². The first-order valence-corrected chi connectivity index (χ1v) is 7.03. The van der Waals surface area contributed by atoms with Crippen molar-refractivity contribution >= 4 is 15.9 Å². The first kappa shape index (κ1) is 14.5. The normalized spacial score (nSPS) is 10.6. The average molecular weight is 268 g/mol. The van der Waals surface area contributed by atoms with Crippen LogP contribution in [0.4, 0.5) is 5.69 Å². The van der Waals surface area contributed by atoms with Crippen molar-refractivity contribution in [3.8, 4) is 11.8 Å². The van der Waals surface area contributed by atoms with Gasteiger partial charge in [-0.2, -0.15) is 13.1 Å². The number of rotatable bonds is 5. The first-order chi connectivity index (χ1) is 8.57. The van der Waals surface area contributed by atoms with E-state index in [4.69, 9.17) is 5.11 Å². The molecule has 0 heterocycles. The highest BCUT2D eigenvalue weighted by Gasteiger charge is 2.07. The topological polar surface area (TPSA) is 78.4 Å². The predicted molar refractivity (Wildman–Crippen MR) is 71.2 cm³/mol. The Bertz CT molecular complexity index is 544. The van der Waals surface area contributed by atoms with Gasteiger partial charge in [-0.05, 0) is 24.6 Å². The van der Waals surface area contributed by atoms with Gasteiger partial charge < -0.3 is 5.11 Å². The maximum absolute atomic E-state index is 11.6. The van der Waals surface area contributed by atoms with E-state index in [2.05, 4.69) is 21.3 Å². The Hall–Kier alpha value is -1.55. The number of nitrogens with one attached hydrogen (secondary N) is 2. The Morgan fingerprint density at radius 3 is 2.83 bits per heavy atom. The van der Waals surface area contributed by atoms with Crippen molar-refractivity contribution in [3.63, 3.8) is 0 Å². The summed E-state index contributed by atoms with van der Waals surface area (Å²) in [6.07, 6.45) is 0.725. The molecule has 0 atom stereocenters. The number of aliphatic hydroxyl groups is 1. The summed E-state index contributed by atoms with van der Waals surface area (Å²) in [5.74, 6) is 5.21. The number of hydrogen-bond donors (Lipinski definition) is 3. The molecule has 1 aromatic carbocycles. The van der Waals surface area contributed by atoms with Crippen molar-refractivity contribution in [2.24, 2.45) is 0 Å². The van der Waals surface area contributed by atoms with Crippen molar-refractivity contribution in [1.82, 2.24) is 4.72 Å². The number of benzene rings is 1. The van der Waals surface area contributed by atoms with Gasteiger partial charge in [0.15, 0.2) is 0 Å². The molecular weight excluding hydrogens is 252 g/mol. The molecule has 0 bridgehead atoms. The zero-order valence-electron chi connectivity index (χ0n) is 10.1. The molecule has 1 rings (SSSR count). The highest BCUT2D eigenvalue weighted by Crippen LogP contribution is 2.10. The van der Waals surface area contributed by atoms with E-state index in [1.165, 1.54) is 0 Å². The summed E-state index contributed by atoms with van der Waals surface area (Å²) < 4.78 is 28.0. The Kier molecular flexibility index (Phi) is 5.65. The molecule has 1 aromatic rings. The van der Waals surface area contributed by atoms with Crippen LogP contribution in [0.25, 0.3) is 0 Å². The molecule has 0 aromatic heterocycles. The lowest BCUT2D eigenvalue weighted by Gasteiger charge is -2.08. The molecular formula is C12H16N2O3S. The highest BCUT2D eigenvalue weighted by molar-refractivity contribution is 7.90. The summed E-state index contributed by atoms with van der Waals surface area (Å²) in [6, 6.07) is 6.67. The SMILES string of the molecule is CCCNS(=O)(=O)Nc1cccc(C#CCO)c1. The Morgan fingerprint density at radius 1 is 1.39 bits per heavy atom. The fraction of sp³-hybridized carbons (Fsp3) is 0.333. The van der Waals surface area contributed by atoms with Gasteiger partial charge in [0.05, 0.1) is 5.69 Å². The van der Waals surface area contributed by atoms with Gasteiger partial charge in [0, 0.05) is 12.1 Å². The van der Waals surface area contributed by atoms with E-state index in [1.807, 2.05) is 6.92 Å². The summed E-state index contributed by atoms with van der Waals surface area (Å²) in [7, 11) is -3.53.